The van der Waals surface area contributed by atoms with Crippen molar-refractivity contribution in [3.63, 3.8) is 0 Å². The smallest absolute Gasteiger partial charge is 0.433 e. The number of phenols is 1. The number of alkyl halides is 3. The number of halogens is 4. The van der Waals surface area contributed by atoms with Crippen LogP contribution >= 0.6 is 15.9 Å². The van der Waals surface area contributed by atoms with Gasteiger partial charge in [-0.1, -0.05) is 6.07 Å². The lowest BCUT2D eigenvalue weighted by Crippen LogP contribution is -2.15. The zero-order valence-electron chi connectivity index (χ0n) is 14.2. The molecule has 1 amide bonds. The minimum absolute atomic E-state index is 0.0194. The van der Waals surface area contributed by atoms with Gasteiger partial charge in [0.1, 0.15) is 11.4 Å². The maximum Gasteiger partial charge on any atom is 0.433 e. The van der Waals surface area contributed by atoms with E-state index < -0.39 is 17.8 Å². The van der Waals surface area contributed by atoms with Crippen molar-refractivity contribution < 1.29 is 27.5 Å². The summed E-state index contributed by atoms with van der Waals surface area (Å²) in [7, 11) is 0. The Morgan fingerprint density at radius 2 is 2.00 bits per heavy atom. The van der Waals surface area contributed by atoms with Crippen molar-refractivity contribution >= 4 is 33.2 Å². The summed E-state index contributed by atoms with van der Waals surface area (Å²) in [5.74, 6) is -0.724. The van der Waals surface area contributed by atoms with E-state index in [9.17, 15) is 23.1 Å². The molecule has 7 nitrogen and oxygen atoms in total. The largest absolute Gasteiger partial charge is 0.508 e. The topological polar surface area (TPSA) is 92.7 Å². The molecule has 1 aromatic carbocycles. The second-order valence-electron chi connectivity index (χ2n) is 5.90. The van der Waals surface area contributed by atoms with Gasteiger partial charge in [-0.2, -0.15) is 18.3 Å². The van der Waals surface area contributed by atoms with E-state index in [-0.39, 0.29) is 38.7 Å². The highest BCUT2D eigenvalue weighted by molar-refractivity contribution is 9.10. The van der Waals surface area contributed by atoms with Crippen molar-refractivity contribution in [2.75, 3.05) is 5.32 Å². The van der Waals surface area contributed by atoms with Crippen LogP contribution in [0.4, 0.5) is 18.9 Å². The molecule has 3 aromatic heterocycles. The SMILES string of the molecule is O=C(Nc1cccc(O)c1)c1nn2c(C(F)(F)F)cc(-c3ccco3)nc2c1Br. The Balaban J connectivity index is 1.84. The van der Waals surface area contributed by atoms with Crippen LogP contribution in [-0.4, -0.2) is 25.6 Å². The zero-order chi connectivity index (χ0) is 20.8. The summed E-state index contributed by atoms with van der Waals surface area (Å²) in [6.07, 6.45) is -3.44. The number of aromatic hydroxyl groups is 1. The van der Waals surface area contributed by atoms with Gasteiger partial charge in [0.2, 0.25) is 0 Å². The summed E-state index contributed by atoms with van der Waals surface area (Å²) < 4.78 is 46.5. The number of benzene rings is 1. The van der Waals surface area contributed by atoms with Crippen LogP contribution in [0.2, 0.25) is 0 Å². The number of phenolic OH excluding ortho intramolecular Hbond substituents is 1. The molecule has 4 rings (SSSR count). The number of furan rings is 1. The number of rotatable bonds is 3. The molecule has 148 valence electrons. The second kappa shape index (κ2) is 6.92. The molecule has 0 unspecified atom stereocenters. The molecule has 0 aliphatic heterocycles. The molecule has 0 radical (unpaired) electrons. The molecule has 0 aliphatic rings. The number of nitrogens with zero attached hydrogens (tertiary/aromatic N) is 3. The molecular weight excluding hydrogens is 457 g/mol. The van der Waals surface area contributed by atoms with Crippen molar-refractivity contribution in [3.05, 3.63) is 64.6 Å². The number of nitrogens with one attached hydrogen (secondary N) is 1. The van der Waals surface area contributed by atoms with E-state index in [4.69, 9.17) is 4.42 Å². The first-order chi connectivity index (χ1) is 13.7. The van der Waals surface area contributed by atoms with Crippen LogP contribution in [0.3, 0.4) is 0 Å². The predicted molar refractivity (Wildman–Crippen MR) is 99.5 cm³/mol. The average Bonchev–Trinajstić information content (AvgIpc) is 3.29. The Bertz CT molecular complexity index is 1220. The van der Waals surface area contributed by atoms with E-state index in [1.54, 1.807) is 0 Å². The molecule has 0 bridgehead atoms. The van der Waals surface area contributed by atoms with Crippen molar-refractivity contribution in [2.24, 2.45) is 0 Å². The Morgan fingerprint density at radius 3 is 2.66 bits per heavy atom. The normalized spacial score (nSPS) is 11.7. The molecule has 2 N–H and O–H groups in total. The fraction of sp³-hybridized carbons (Fsp3) is 0.0556. The zero-order valence-corrected chi connectivity index (χ0v) is 15.8. The van der Waals surface area contributed by atoms with Gasteiger partial charge in [0.05, 0.1) is 10.7 Å². The van der Waals surface area contributed by atoms with Crippen LogP contribution in [0, 0.1) is 0 Å². The summed E-state index contributed by atoms with van der Waals surface area (Å²) in [5.41, 5.74) is -1.43. The van der Waals surface area contributed by atoms with E-state index in [0.29, 0.717) is 4.52 Å². The fourth-order valence-electron chi connectivity index (χ4n) is 2.66. The summed E-state index contributed by atoms with van der Waals surface area (Å²) in [4.78, 5) is 16.7. The van der Waals surface area contributed by atoms with Crippen LogP contribution in [0.25, 0.3) is 17.1 Å². The number of carbonyl (C=O) groups excluding carboxylic acids is 1. The molecule has 3 heterocycles. The maximum absolute atomic E-state index is 13.6. The molecule has 0 atom stereocenters. The second-order valence-corrected chi connectivity index (χ2v) is 6.70. The van der Waals surface area contributed by atoms with Crippen LogP contribution < -0.4 is 5.32 Å². The lowest BCUT2D eigenvalue weighted by molar-refractivity contribution is -0.142. The minimum atomic E-state index is -4.76. The van der Waals surface area contributed by atoms with Gasteiger partial charge >= 0.3 is 6.18 Å². The summed E-state index contributed by atoms with van der Waals surface area (Å²) in [5, 5.41) is 15.8. The molecule has 11 heteroatoms. The maximum atomic E-state index is 13.6. The third-order valence-electron chi connectivity index (χ3n) is 3.92. The predicted octanol–water partition coefficient (Wildman–Crippen LogP) is 4.73. The first-order valence-corrected chi connectivity index (χ1v) is 8.84. The highest BCUT2D eigenvalue weighted by atomic mass is 79.9. The Hall–Kier alpha value is -3.34. The Morgan fingerprint density at radius 1 is 1.21 bits per heavy atom. The van der Waals surface area contributed by atoms with Crippen LogP contribution in [-0.2, 0) is 6.18 Å². The highest BCUT2D eigenvalue weighted by Crippen LogP contribution is 2.35. The number of amides is 1. The summed E-state index contributed by atoms with van der Waals surface area (Å²) in [6, 6.07) is 9.50. The molecule has 29 heavy (non-hydrogen) atoms. The van der Waals surface area contributed by atoms with Crippen molar-refractivity contribution in [2.45, 2.75) is 6.18 Å². The minimum Gasteiger partial charge on any atom is -0.508 e. The Kier molecular flexibility index (Phi) is 4.53. The third-order valence-corrected chi connectivity index (χ3v) is 4.65. The lowest BCUT2D eigenvalue weighted by Gasteiger charge is -2.10. The molecule has 0 spiro atoms. The van der Waals surface area contributed by atoms with E-state index >= 15 is 0 Å². The van der Waals surface area contributed by atoms with Gasteiger partial charge in [0, 0.05) is 11.8 Å². The number of hydrogen-bond donors (Lipinski definition) is 2. The van der Waals surface area contributed by atoms with Crippen LogP contribution in [0.15, 0.2) is 57.6 Å². The van der Waals surface area contributed by atoms with Gasteiger partial charge in [-0.3, -0.25) is 4.79 Å². The van der Waals surface area contributed by atoms with Gasteiger partial charge in [-0.05, 0) is 46.3 Å². The number of hydrogen-bond acceptors (Lipinski definition) is 5. The number of anilines is 1. The molecule has 0 saturated heterocycles. The van der Waals surface area contributed by atoms with Crippen molar-refractivity contribution in [1.29, 1.82) is 0 Å². The number of aromatic nitrogens is 3. The standard InChI is InChI=1S/C18H10BrF3N4O3/c19-14-15(17(28)23-9-3-1-4-10(27)7-9)25-26-13(18(20,21)22)8-11(24-16(14)26)12-5-2-6-29-12/h1-8,27H,(H,23,28). The van der Waals surface area contributed by atoms with Gasteiger partial charge < -0.3 is 14.8 Å². The third kappa shape index (κ3) is 3.56. The van der Waals surface area contributed by atoms with Crippen LogP contribution in [0.5, 0.6) is 5.75 Å². The van der Waals surface area contributed by atoms with Crippen LogP contribution in [0.1, 0.15) is 16.2 Å². The molecule has 0 aliphatic carbocycles. The summed E-state index contributed by atoms with van der Waals surface area (Å²) in [6.45, 7) is 0. The van der Waals surface area contributed by atoms with Gasteiger partial charge in [0.25, 0.3) is 5.91 Å². The van der Waals surface area contributed by atoms with E-state index in [2.05, 4.69) is 31.3 Å². The number of carbonyl (C=O) groups is 1. The van der Waals surface area contributed by atoms with Crippen molar-refractivity contribution in [3.8, 4) is 17.2 Å². The average molecular weight is 467 g/mol. The van der Waals surface area contributed by atoms with E-state index in [0.717, 1.165) is 6.07 Å². The first kappa shape index (κ1) is 19.0. The Labute approximate surface area is 168 Å². The molecular formula is C18H10BrF3N4O3. The number of fused-ring (bicyclic) bond motifs is 1. The molecule has 4 aromatic rings. The fourth-order valence-corrected chi connectivity index (χ4v) is 3.18. The van der Waals surface area contributed by atoms with E-state index in [1.807, 2.05) is 0 Å². The lowest BCUT2D eigenvalue weighted by atomic mass is 10.2. The first-order valence-electron chi connectivity index (χ1n) is 8.05. The molecule has 0 saturated carbocycles. The van der Waals surface area contributed by atoms with E-state index in [1.165, 1.54) is 42.7 Å². The molecule has 0 fully saturated rings. The summed E-state index contributed by atoms with van der Waals surface area (Å²) >= 11 is 3.12. The van der Waals surface area contributed by atoms with Crippen molar-refractivity contribution in [1.82, 2.24) is 14.6 Å². The highest BCUT2D eigenvalue weighted by Gasteiger charge is 2.37. The van der Waals surface area contributed by atoms with Gasteiger partial charge in [0.15, 0.2) is 22.8 Å². The monoisotopic (exact) mass is 466 g/mol. The quantitative estimate of drug-likeness (QED) is 0.455. The van der Waals surface area contributed by atoms with Gasteiger partial charge in [-0.15, -0.1) is 0 Å². The van der Waals surface area contributed by atoms with Gasteiger partial charge in [-0.25, -0.2) is 9.50 Å².